The monoisotopic (exact) mass is 387 g/mol. The van der Waals surface area contributed by atoms with Gasteiger partial charge in [-0.3, -0.25) is 0 Å². The number of sulfone groups is 1. The van der Waals surface area contributed by atoms with Crippen molar-refractivity contribution in [2.75, 3.05) is 6.26 Å². The summed E-state index contributed by atoms with van der Waals surface area (Å²) in [6.07, 6.45) is 1.12. The molecule has 0 aliphatic rings. The van der Waals surface area contributed by atoms with E-state index in [4.69, 9.17) is 4.74 Å². The number of aryl methyl sites for hydroxylation is 1. The number of carbonyl (C=O) groups excluding carboxylic acids is 1. The molecule has 2 aromatic carbocycles. The number of esters is 1. The molecule has 134 valence electrons. The summed E-state index contributed by atoms with van der Waals surface area (Å²) in [6, 6.07) is 13.7. The number of benzene rings is 2. The number of nitrogens with zero attached hydrogens (tertiary/aromatic N) is 1. The van der Waals surface area contributed by atoms with Gasteiger partial charge in [0, 0.05) is 17.2 Å². The second kappa shape index (κ2) is 7.39. The first-order valence-corrected chi connectivity index (χ1v) is 10.6. The van der Waals surface area contributed by atoms with Crippen molar-refractivity contribution in [1.29, 1.82) is 0 Å². The van der Waals surface area contributed by atoms with E-state index in [-0.39, 0.29) is 11.5 Å². The fraction of sp³-hybridized carbons (Fsp3) is 0.158. The number of hydrogen-bond donors (Lipinski definition) is 0. The van der Waals surface area contributed by atoms with Crippen molar-refractivity contribution in [3.63, 3.8) is 0 Å². The van der Waals surface area contributed by atoms with E-state index < -0.39 is 15.8 Å². The van der Waals surface area contributed by atoms with Crippen LogP contribution in [-0.2, 0) is 21.2 Å². The maximum atomic E-state index is 12.1. The molecule has 3 rings (SSSR count). The molecule has 5 nitrogen and oxygen atoms in total. The minimum Gasteiger partial charge on any atom is -0.456 e. The van der Waals surface area contributed by atoms with Gasteiger partial charge in [0.2, 0.25) is 0 Å². The quantitative estimate of drug-likeness (QED) is 0.621. The molecule has 0 bridgehead atoms. The third-order valence-electron chi connectivity index (χ3n) is 3.72. The Morgan fingerprint density at radius 1 is 1.08 bits per heavy atom. The fourth-order valence-electron chi connectivity index (χ4n) is 2.26. The van der Waals surface area contributed by atoms with Crippen molar-refractivity contribution in [3.05, 3.63) is 70.7 Å². The van der Waals surface area contributed by atoms with Crippen LogP contribution in [0.2, 0.25) is 0 Å². The summed E-state index contributed by atoms with van der Waals surface area (Å²) in [5, 5.41) is 2.73. The van der Waals surface area contributed by atoms with Crippen LogP contribution in [0.15, 0.2) is 58.8 Å². The van der Waals surface area contributed by atoms with Crippen molar-refractivity contribution < 1.29 is 17.9 Å². The number of thiazole rings is 1. The van der Waals surface area contributed by atoms with Gasteiger partial charge in [0.25, 0.3) is 0 Å². The van der Waals surface area contributed by atoms with E-state index in [2.05, 4.69) is 4.98 Å². The Balaban J connectivity index is 1.64. The van der Waals surface area contributed by atoms with Crippen molar-refractivity contribution in [2.24, 2.45) is 0 Å². The lowest BCUT2D eigenvalue weighted by Gasteiger charge is -2.04. The highest BCUT2D eigenvalue weighted by Crippen LogP contribution is 2.24. The molecule has 0 saturated carbocycles. The van der Waals surface area contributed by atoms with Crippen LogP contribution in [0.4, 0.5) is 0 Å². The first kappa shape index (κ1) is 18.3. The zero-order valence-electron chi connectivity index (χ0n) is 14.3. The Kier molecular flexibility index (Phi) is 5.20. The SMILES string of the molecule is Cc1ccc(-c2nc(COC(=O)c3ccc(S(C)(=O)=O)cc3)cs2)cc1. The summed E-state index contributed by atoms with van der Waals surface area (Å²) in [4.78, 5) is 16.7. The van der Waals surface area contributed by atoms with E-state index in [1.165, 1.54) is 41.2 Å². The van der Waals surface area contributed by atoms with Gasteiger partial charge in [-0.05, 0) is 31.2 Å². The van der Waals surface area contributed by atoms with Gasteiger partial charge in [-0.15, -0.1) is 11.3 Å². The maximum absolute atomic E-state index is 12.1. The predicted molar refractivity (Wildman–Crippen MR) is 101 cm³/mol. The van der Waals surface area contributed by atoms with Gasteiger partial charge in [-0.25, -0.2) is 18.2 Å². The van der Waals surface area contributed by atoms with Crippen molar-refractivity contribution in [2.45, 2.75) is 18.4 Å². The molecule has 0 atom stereocenters. The molecule has 3 aromatic rings. The molecule has 0 radical (unpaired) electrons. The molecule has 26 heavy (non-hydrogen) atoms. The molecule has 0 aliphatic heterocycles. The lowest BCUT2D eigenvalue weighted by atomic mass is 10.2. The second-order valence-corrected chi connectivity index (χ2v) is 8.76. The van der Waals surface area contributed by atoms with Gasteiger partial charge in [0.1, 0.15) is 11.6 Å². The van der Waals surface area contributed by atoms with Crippen LogP contribution in [0.25, 0.3) is 10.6 Å². The number of rotatable bonds is 5. The van der Waals surface area contributed by atoms with Crippen molar-refractivity contribution in [3.8, 4) is 10.6 Å². The van der Waals surface area contributed by atoms with Crippen LogP contribution in [0.5, 0.6) is 0 Å². The normalized spacial score (nSPS) is 11.3. The van der Waals surface area contributed by atoms with Crippen LogP contribution >= 0.6 is 11.3 Å². The van der Waals surface area contributed by atoms with Crippen LogP contribution in [0.1, 0.15) is 21.6 Å². The van der Waals surface area contributed by atoms with Gasteiger partial charge >= 0.3 is 5.97 Å². The zero-order valence-corrected chi connectivity index (χ0v) is 15.9. The standard InChI is InChI=1S/C19H17NO4S2/c1-13-3-5-14(6-4-13)18-20-16(12-25-18)11-24-19(21)15-7-9-17(10-8-15)26(2,22)23/h3-10,12H,11H2,1-2H3. The Morgan fingerprint density at radius 3 is 2.35 bits per heavy atom. The fourth-order valence-corrected chi connectivity index (χ4v) is 3.70. The summed E-state index contributed by atoms with van der Waals surface area (Å²) in [6.45, 7) is 2.09. The lowest BCUT2D eigenvalue weighted by Crippen LogP contribution is -2.06. The first-order valence-electron chi connectivity index (χ1n) is 7.81. The van der Waals surface area contributed by atoms with Crippen LogP contribution in [0, 0.1) is 6.92 Å². The van der Waals surface area contributed by atoms with E-state index in [9.17, 15) is 13.2 Å². The van der Waals surface area contributed by atoms with Crippen molar-refractivity contribution in [1.82, 2.24) is 4.98 Å². The van der Waals surface area contributed by atoms with Gasteiger partial charge in [0.05, 0.1) is 16.2 Å². The molecule has 1 aromatic heterocycles. The molecule has 0 amide bonds. The van der Waals surface area contributed by atoms with E-state index in [1.807, 2.05) is 36.6 Å². The molecule has 0 unspecified atom stereocenters. The van der Waals surface area contributed by atoms with Crippen LogP contribution in [-0.4, -0.2) is 25.6 Å². The topological polar surface area (TPSA) is 73.3 Å². The van der Waals surface area contributed by atoms with Gasteiger partial charge in [0.15, 0.2) is 9.84 Å². The van der Waals surface area contributed by atoms with Gasteiger partial charge < -0.3 is 4.74 Å². The number of ether oxygens (including phenoxy) is 1. The van der Waals surface area contributed by atoms with E-state index in [0.29, 0.717) is 11.3 Å². The minimum absolute atomic E-state index is 0.0645. The average molecular weight is 387 g/mol. The van der Waals surface area contributed by atoms with Crippen LogP contribution < -0.4 is 0 Å². The molecule has 0 fully saturated rings. The molecule has 0 saturated heterocycles. The molecule has 0 spiro atoms. The Labute approximate surface area is 156 Å². The Morgan fingerprint density at radius 2 is 1.73 bits per heavy atom. The maximum Gasteiger partial charge on any atom is 0.338 e. The summed E-state index contributed by atoms with van der Waals surface area (Å²) < 4.78 is 28.1. The molecule has 0 N–H and O–H groups in total. The van der Waals surface area contributed by atoms with Crippen molar-refractivity contribution >= 4 is 27.1 Å². The van der Waals surface area contributed by atoms with Crippen LogP contribution in [0.3, 0.4) is 0 Å². The number of hydrogen-bond acceptors (Lipinski definition) is 6. The zero-order chi connectivity index (χ0) is 18.7. The summed E-state index contributed by atoms with van der Waals surface area (Å²) in [7, 11) is -3.29. The Bertz CT molecular complexity index is 1020. The molecular formula is C19H17NO4S2. The number of aromatic nitrogens is 1. The van der Waals surface area contributed by atoms with E-state index in [0.717, 1.165) is 16.8 Å². The molecular weight excluding hydrogens is 370 g/mol. The third-order valence-corrected chi connectivity index (χ3v) is 5.79. The highest BCUT2D eigenvalue weighted by Gasteiger charge is 2.12. The Hall–Kier alpha value is -2.51. The third kappa shape index (κ3) is 4.36. The van der Waals surface area contributed by atoms with Gasteiger partial charge in [-0.1, -0.05) is 29.8 Å². The first-order chi connectivity index (χ1) is 12.3. The molecule has 7 heteroatoms. The lowest BCUT2D eigenvalue weighted by molar-refractivity contribution is 0.0468. The summed E-state index contributed by atoms with van der Waals surface area (Å²) in [5.74, 6) is -0.519. The highest BCUT2D eigenvalue weighted by molar-refractivity contribution is 7.90. The van der Waals surface area contributed by atoms with Gasteiger partial charge in [-0.2, -0.15) is 0 Å². The average Bonchev–Trinajstić information content (AvgIpc) is 3.08. The smallest absolute Gasteiger partial charge is 0.338 e. The predicted octanol–water partition coefficient (Wildman–Crippen LogP) is 3.88. The molecule has 1 heterocycles. The summed E-state index contributed by atoms with van der Waals surface area (Å²) in [5.41, 5.74) is 3.17. The van der Waals surface area contributed by atoms with E-state index >= 15 is 0 Å². The largest absolute Gasteiger partial charge is 0.456 e. The van der Waals surface area contributed by atoms with E-state index in [1.54, 1.807) is 0 Å². The summed E-state index contributed by atoms with van der Waals surface area (Å²) >= 11 is 1.49. The highest BCUT2D eigenvalue weighted by atomic mass is 32.2. The second-order valence-electron chi connectivity index (χ2n) is 5.88. The minimum atomic E-state index is -3.29. The molecule has 0 aliphatic carbocycles. The number of carbonyl (C=O) groups is 1.